The first kappa shape index (κ1) is 40.6. The highest BCUT2D eigenvalue weighted by molar-refractivity contribution is 14.1. The summed E-state index contributed by atoms with van der Waals surface area (Å²) in [7, 11) is 5.91. The van der Waals surface area contributed by atoms with Crippen LogP contribution in [0.25, 0.3) is 33.4 Å². The van der Waals surface area contributed by atoms with Crippen LogP contribution in [-0.4, -0.2) is 86.6 Å². The molecule has 0 fully saturated rings. The molecule has 6 rings (SSSR count). The van der Waals surface area contributed by atoms with Gasteiger partial charge in [0.25, 0.3) is 5.91 Å². The number of ether oxygens (including phenoxy) is 1. The van der Waals surface area contributed by atoms with Gasteiger partial charge in [0, 0.05) is 82.6 Å². The van der Waals surface area contributed by atoms with Crippen molar-refractivity contribution >= 4 is 66.0 Å². The van der Waals surface area contributed by atoms with Crippen LogP contribution in [0.15, 0.2) is 94.3 Å². The molecule has 0 bridgehead atoms. The van der Waals surface area contributed by atoms with Crippen LogP contribution in [0.1, 0.15) is 44.8 Å². The monoisotopic (exact) mass is 887 g/mol. The molecule has 56 heavy (non-hydrogen) atoms. The van der Waals surface area contributed by atoms with E-state index in [1.807, 2.05) is 48.7 Å². The molecule has 0 saturated heterocycles. The van der Waals surface area contributed by atoms with Gasteiger partial charge >= 0.3 is 0 Å². The van der Waals surface area contributed by atoms with Crippen molar-refractivity contribution in [1.82, 2.24) is 20.3 Å². The zero-order valence-electron chi connectivity index (χ0n) is 31.5. The van der Waals surface area contributed by atoms with Crippen LogP contribution in [0.4, 0.5) is 5.69 Å². The molecule has 14 heteroatoms. The van der Waals surface area contributed by atoms with Crippen molar-refractivity contribution in [2.75, 3.05) is 52.8 Å². The van der Waals surface area contributed by atoms with Gasteiger partial charge in [-0.15, -0.1) is 5.10 Å². The molecule has 3 aromatic carbocycles. The van der Waals surface area contributed by atoms with Crippen LogP contribution < -0.4 is 16.1 Å². The number of para-hydroxylation sites is 1. The largest absolute Gasteiger partial charge is 0.508 e. The van der Waals surface area contributed by atoms with Crippen LogP contribution in [0.5, 0.6) is 5.75 Å². The maximum Gasteiger partial charge on any atom is 0.253 e. The number of rotatable bonds is 18. The summed E-state index contributed by atoms with van der Waals surface area (Å²) in [5.74, 6) is 0.291. The molecule has 1 aliphatic heterocycles. The highest BCUT2D eigenvalue weighted by atomic mass is 127. The SMILES string of the molecule is CNC(=O)c1ccccc1NCC[N+](C)(C)Cc1cn(CCOCCCC(=S)Cc2ccc(-c3c4ccc(=O)cc-4oc4cc(O)ccc34)c(C(=O)I)c2)nn1. The zero-order valence-corrected chi connectivity index (χ0v) is 34.5. The normalized spacial score (nSPS) is 11.6. The van der Waals surface area contributed by atoms with E-state index in [-0.39, 0.29) is 20.9 Å². The van der Waals surface area contributed by atoms with Gasteiger partial charge in [0.1, 0.15) is 29.3 Å². The molecule has 0 atom stereocenters. The number of anilines is 1. The molecule has 4 aromatic rings. The molecule has 2 aliphatic rings. The van der Waals surface area contributed by atoms with Crippen molar-refractivity contribution in [2.24, 2.45) is 0 Å². The molecule has 1 amide bonds. The Kier molecular flexibility index (Phi) is 13.3. The number of aromatic nitrogens is 3. The molecular formula is C42H44IN6O6S+. The van der Waals surface area contributed by atoms with Gasteiger partial charge in [-0.1, -0.05) is 41.7 Å². The van der Waals surface area contributed by atoms with Crippen molar-refractivity contribution in [1.29, 1.82) is 0 Å². The molecular weight excluding hydrogens is 843 g/mol. The number of nitrogens with one attached hydrogen (secondary N) is 2. The molecule has 1 aliphatic carbocycles. The van der Waals surface area contributed by atoms with Crippen LogP contribution in [0.3, 0.4) is 0 Å². The van der Waals surface area contributed by atoms with E-state index in [0.29, 0.717) is 89.2 Å². The van der Waals surface area contributed by atoms with Gasteiger partial charge in [0.05, 0.1) is 52.1 Å². The Labute approximate surface area is 343 Å². The van der Waals surface area contributed by atoms with Gasteiger partial charge in [-0.2, -0.15) is 0 Å². The minimum Gasteiger partial charge on any atom is -0.508 e. The number of benzene rings is 4. The zero-order chi connectivity index (χ0) is 39.8. The number of amides is 1. The maximum atomic E-state index is 13.0. The number of likely N-dealkylation sites (N-methyl/N-ethyl adjacent to an activating group) is 1. The van der Waals surface area contributed by atoms with Gasteiger partial charge in [0.15, 0.2) is 5.43 Å². The quantitative estimate of drug-likeness (QED) is 0.0208. The number of phenols is 1. The Morgan fingerprint density at radius 3 is 2.61 bits per heavy atom. The number of hydrogen-bond acceptors (Lipinski definition) is 10. The van der Waals surface area contributed by atoms with Gasteiger partial charge in [0.2, 0.25) is 3.79 Å². The number of quaternary nitrogens is 1. The van der Waals surface area contributed by atoms with Crippen LogP contribution in [0, 0.1) is 0 Å². The van der Waals surface area contributed by atoms with E-state index in [4.69, 9.17) is 21.4 Å². The first-order valence-corrected chi connectivity index (χ1v) is 19.8. The summed E-state index contributed by atoms with van der Waals surface area (Å²) in [4.78, 5) is 38.2. The lowest BCUT2D eigenvalue weighted by Gasteiger charge is -2.29. The van der Waals surface area contributed by atoms with E-state index in [1.54, 1.807) is 52.5 Å². The van der Waals surface area contributed by atoms with Crippen LogP contribution >= 0.6 is 34.8 Å². The van der Waals surface area contributed by atoms with Crippen LogP contribution in [-0.2, 0) is 24.2 Å². The topological polar surface area (TPSA) is 149 Å². The molecule has 0 saturated carbocycles. The Hall–Kier alpha value is -5.03. The maximum absolute atomic E-state index is 13.0. The molecule has 0 spiro atoms. The summed E-state index contributed by atoms with van der Waals surface area (Å²) in [5.41, 5.74) is 6.15. The fourth-order valence-corrected chi connectivity index (χ4v) is 7.44. The first-order valence-electron chi connectivity index (χ1n) is 18.3. The lowest BCUT2D eigenvalue weighted by Crippen LogP contribution is -2.42. The second-order valence-corrected chi connectivity index (χ2v) is 15.8. The Morgan fingerprint density at radius 1 is 1.00 bits per heavy atom. The van der Waals surface area contributed by atoms with Gasteiger partial charge in [-0.05, 0) is 71.3 Å². The number of halogens is 1. The molecule has 1 aromatic heterocycles. The predicted octanol–water partition coefficient (Wildman–Crippen LogP) is 6.89. The number of carbonyl (C=O) groups excluding carboxylic acids is 2. The van der Waals surface area contributed by atoms with Crippen LogP contribution in [0.2, 0.25) is 0 Å². The van der Waals surface area contributed by atoms with E-state index >= 15 is 0 Å². The third-order valence-corrected chi connectivity index (χ3v) is 10.4. The van der Waals surface area contributed by atoms with Crippen molar-refractivity contribution in [3.63, 3.8) is 0 Å². The fourth-order valence-electron chi connectivity index (χ4n) is 6.68. The first-order chi connectivity index (χ1) is 26.9. The molecule has 290 valence electrons. The number of aromatic hydroxyl groups is 1. The average Bonchev–Trinajstić information content (AvgIpc) is 3.61. The highest BCUT2D eigenvalue weighted by Crippen LogP contribution is 2.42. The Bertz CT molecular complexity index is 2410. The van der Waals surface area contributed by atoms with Crippen molar-refractivity contribution < 1.29 is 28.3 Å². The number of fused-ring (bicyclic) bond motifs is 2. The second-order valence-electron chi connectivity index (χ2n) is 14.2. The number of carbonyl (C=O) groups is 2. The van der Waals surface area contributed by atoms with E-state index in [9.17, 15) is 19.5 Å². The van der Waals surface area contributed by atoms with E-state index in [0.717, 1.165) is 40.3 Å². The molecule has 0 radical (unpaired) electrons. The van der Waals surface area contributed by atoms with Crippen molar-refractivity contribution in [3.05, 3.63) is 118 Å². The lowest BCUT2D eigenvalue weighted by atomic mass is 9.89. The van der Waals surface area contributed by atoms with E-state index < -0.39 is 0 Å². The fraction of sp³-hybridized carbons (Fsp3) is 0.286. The summed E-state index contributed by atoms with van der Waals surface area (Å²) >= 11 is 7.54. The Balaban J connectivity index is 0.968. The highest BCUT2D eigenvalue weighted by Gasteiger charge is 2.22. The molecule has 12 nitrogen and oxygen atoms in total. The number of thiocarbonyl (C=S) groups is 1. The van der Waals surface area contributed by atoms with Gasteiger partial charge in [-0.25, -0.2) is 4.68 Å². The van der Waals surface area contributed by atoms with Gasteiger partial charge in [-0.3, -0.25) is 14.4 Å². The minimum atomic E-state index is -0.198. The van der Waals surface area contributed by atoms with Crippen molar-refractivity contribution in [3.8, 4) is 28.2 Å². The smallest absolute Gasteiger partial charge is 0.253 e. The summed E-state index contributed by atoms with van der Waals surface area (Å²) < 4.78 is 14.3. The summed E-state index contributed by atoms with van der Waals surface area (Å²) in [6, 6.07) is 22.7. The molecule has 2 heterocycles. The number of hydrogen-bond donors (Lipinski definition) is 3. The Morgan fingerprint density at radius 2 is 1.80 bits per heavy atom. The summed E-state index contributed by atoms with van der Waals surface area (Å²) in [6.07, 6.45) is 3.97. The third kappa shape index (κ3) is 10.2. The molecule has 0 unspecified atom stereocenters. The van der Waals surface area contributed by atoms with Crippen molar-refractivity contribution in [2.45, 2.75) is 32.4 Å². The number of nitrogens with zero attached hydrogens (tertiary/aromatic N) is 4. The third-order valence-electron chi connectivity index (χ3n) is 9.46. The second kappa shape index (κ2) is 18.3. The standard InChI is InChI=1S/C42H43IN6O6S/c1-44-42(53)33-8-4-5-9-37(33)45-16-18-49(2,3)26-28-25-48(47-46-28)17-20-54-19-6-7-31(56)21-27-10-13-32(36(22-27)41(43)52)40-34-14-11-29(50)23-38(34)55-39-24-30(51)12-15-35(39)40/h4-5,8-15,22-25H,6-7,16-21,26H2,1-3H3,(H2-,44,45,50,51,53)/p+1. The predicted molar refractivity (Wildman–Crippen MR) is 230 cm³/mol. The lowest BCUT2D eigenvalue weighted by molar-refractivity contribution is -0.902. The summed E-state index contributed by atoms with van der Waals surface area (Å²) in [5, 5.41) is 25.6. The number of phenolic OH excluding ortho intramolecular Hbond substituents is 1. The van der Waals surface area contributed by atoms with Gasteiger partial charge < -0.3 is 29.4 Å². The minimum absolute atomic E-state index is 0.0360. The summed E-state index contributed by atoms with van der Waals surface area (Å²) in [6.45, 7) is 3.85. The van der Waals surface area contributed by atoms with E-state index in [2.05, 4.69) is 35.0 Å². The average molecular weight is 888 g/mol. The molecule has 3 N–H and O–H groups in total. The van der Waals surface area contributed by atoms with E-state index in [1.165, 1.54) is 18.2 Å².